The van der Waals surface area contributed by atoms with E-state index in [1.54, 1.807) is 67.5 Å². The highest BCUT2D eigenvalue weighted by Gasteiger charge is 2.34. The van der Waals surface area contributed by atoms with E-state index in [0.717, 1.165) is 6.07 Å². The second-order valence-electron chi connectivity index (χ2n) is 11.7. The summed E-state index contributed by atoms with van der Waals surface area (Å²) in [7, 11) is 3.52. The quantitative estimate of drug-likeness (QED) is 0.181. The summed E-state index contributed by atoms with van der Waals surface area (Å²) >= 11 is 0. The minimum Gasteiger partial charge on any atom is -0.494 e. The molecule has 0 saturated carbocycles. The molecule has 0 aliphatic rings. The molecule has 0 saturated heterocycles. The highest BCUT2D eigenvalue weighted by molar-refractivity contribution is 5.80. The number of hydrogen-bond donors (Lipinski definition) is 2. The van der Waals surface area contributed by atoms with Gasteiger partial charge < -0.3 is 25.6 Å². The lowest BCUT2D eigenvalue weighted by Crippen LogP contribution is -2.41. The maximum Gasteiger partial charge on any atom is 0.419 e. The first-order valence-corrected chi connectivity index (χ1v) is 15.8. The second kappa shape index (κ2) is 16.5. The molecule has 1 heterocycles. The van der Waals surface area contributed by atoms with E-state index in [4.69, 9.17) is 15.5 Å². The lowest BCUT2D eigenvalue weighted by atomic mass is 10.0. The first kappa shape index (κ1) is 37.0. The van der Waals surface area contributed by atoms with E-state index in [2.05, 4.69) is 5.32 Å². The third-order valence-electron chi connectivity index (χ3n) is 7.73. The average molecular weight is 685 g/mol. The number of nitrogens with zero attached hydrogens (tertiary/aromatic N) is 4. The zero-order chi connectivity index (χ0) is 35.7. The number of rotatable bonds is 15. The summed E-state index contributed by atoms with van der Waals surface area (Å²) in [6.45, 7) is 2.74. The second-order valence-corrected chi connectivity index (χ2v) is 11.7. The van der Waals surface area contributed by atoms with Crippen molar-refractivity contribution in [1.82, 2.24) is 24.7 Å². The summed E-state index contributed by atoms with van der Waals surface area (Å²) < 4.78 is 60.8. The van der Waals surface area contributed by atoms with Gasteiger partial charge in [0.05, 0.1) is 41.7 Å². The number of para-hydroxylation sites is 1. The Morgan fingerprint density at radius 3 is 2.41 bits per heavy atom. The fraction of sp³-hybridized carbons (Fsp3) is 0.371. The molecule has 0 aliphatic carbocycles. The monoisotopic (exact) mass is 684 g/mol. The zero-order valence-electron chi connectivity index (χ0n) is 27.6. The van der Waals surface area contributed by atoms with Crippen LogP contribution in [0.5, 0.6) is 5.75 Å². The van der Waals surface area contributed by atoms with Crippen molar-refractivity contribution in [2.24, 2.45) is 5.73 Å². The number of benzene rings is 3. The molecule has 1 aromatic heterocycles. The number of amides is 2. The zero-order valence-corrected chi connectivity index (χ0v) is 27.6. The van der Waals surface area contributed by atoms with Gasteiger partial charge in [0, 0.05) is 32.1 Å². The van der Waals surface area contributed by atoms with Crippen molar-refractivity contribution >= 4 is 22.7 Å². The lowest BCUT2D eigenvalue weighted by molar-refractivity contribution is -0.140. The van der Waals surface area contributed by atoms with Crippen LogP contribution in [0.2, 0.25) is 0 Å². The van der Waals surface area contributed by atoms with Crippen LogP contribution in [0.15, 0.2) is 71.5 Å². The molecule has 49 heavy (non-hydrogen) atoms. The molecule has 0 radical (unpaired) electrons. The van der Waals surface area contributed by atoms with Crippen LogP contribution in [0.3, 0.4) is 0 Å². The molecule has 14 heteroatoms. The molecule has 4 aromatic rings. The van der Waals surface area contributed by atoms with Gasteiger partial charge >= 0.3 is 6.18 Å². The van der Waals surface area contributed by atoms with Crippen LogP contribution in [0.4, 0.5) is 17.6 Å². The molecule has 0 spiro atoms. The van der Waals surface area contributed by atoms with Crippen LogP contribution in [0, 0.1) is 5.82 Å². The normalized spacial score (nSPS) is 12.3. The molecule has 2 amide bonds. The van der Waals surface area contributed by atoms with Crippen molar-refractivity contribution in [2.45, 2.75) is 31.9 Å². The molecule has 4 rings (SSSR count). The highest BCUT2D eigenvalue weighted by Crippen LogP contribution is 2.32. The first-order chi connectivity index (χ1) is 23.3. The summed E-state index contributed by atoms with van der Waals surface area (Å²) in [5.74, 6) is -1.92. The van der Waals surface area contributed by atoms with Crippen molar-refractivity contribution in [3.8, 4) is 11.4 Å². The number of halogens is 4. The number of carbonyl (C=O) groups is 2. The standard InChI is InChI=1S/C35H40F4N6O4/c1-4-49-26-12-10-25(11-13-26)45-33(42-30-8-6-5-7-27(30)34(45)48)24(15-17-41-31(46)22-43(2)3)21-44(18-16-40)32(47)20-23-9-14-28(29(36)19-23)35(37,38)39/h5-14,19,24H,4,15-18,20-22,40H2,1-3H3,(H,41,46). The summed E-state index contributed by atoms with van der Waals surface area (Å²) in [6.07, 6.45) is -5.01. The van der Waals surface area contributed by atoms with Gasteiger partial charge in [-0.1, -0.05) is 18.2 Å². The molecule has 3 N–H and O–H groups in total. The summed E-state index contributed by atoms with van der Waals surface area (Å²) in [4.78, 5) is 48.3. The van der Waals surface area contributed by atoms with Gasteiger partial charge in [-0.15, -0.1) is 0 Å². The molecular formula is C35H40F4N6O4. The van der Waals surface area contributed by atoms with Crippen molar-refractivity contribution in [3.05, 3.63) is 99.9 Å². The third-order valence-corrected chi connectivity index (χ3v) is 7.73. The smallest absolute Gasteiger partial charge is 0.419 e. The lowest BCUT2D eigenvalue weighted by Gasteiger charge is -2.29. The number of nitrogens with two attached hydrogens (primary N) is 1. The van der Waals surface area contributed by atoms with Gasteiger partial charge in [-0.25, -0.2) is 9.37 Å². The van der Waals surface area contributed by atoms with Gasteiger partial charge in [-0.3, -0.25) is 19.0 Å². The third kappa shape index (κ3) is 9.63. The number of nitrogens with one attached hydrogen (secondary N) is 1. The van der Waals surface area contributed by atoms with E-state index >= 15 is 0 Å². The van der Waals surface area contributed by atoms with Gasteiger partial charge in [0.15, 0.2) is 0 Å². The van der Waals surface area contributed by atoms with Gasteiger partial charge in [-0.05, 0) is 81.5 Å². The van der Waals surface area contributed by atoms with E-state index in [1.807, 2.05) is 6.92 Å². The summed E-state index contributed by atoms with van der Waals surface area (Å²) in [5.41, 5.74) is 5.11. The van der Waals surface area contributed by atoms with Gasteiger partial charge in [-0.2, -0.15) is 13.2 Å². The van der Waals surface area contributed by atoms with Crippen molar-refractivity contribution < 1.29 is 31.9 Å². The summed E-state index contributed by atoms with van der Waals surface area (Å²) in [5, 5.41) is 3.24. The van der Waals surface area contributed by atoms with Crippen LogP contribution >= 0.6 is 0 Å². The Balaban J connectivity index is 1.76. The number of fused-ring (bicyclic) bond motifs is 1. The first-order valence-electron chi connectivity index (χ1n) is 15.8. The molecule has 3 aromatic carbocycles. The number of likely N-dealkylation sites (N-methyl/N-ethyl adjacent to an activating group) is 1. The topological polar surface area (TPSA) is 123 Å². The number of carbonyl (C=O) groups excluding carboxylic acids is 2. The number of ether oxygens (including phenoxy) is 1. The Labute approximate surface area is 281 Å². The van der Waals surface area contributed by atoms with E-state index in [-0.39, 0.29) is 56.2 Å². The predicted molar refractivity (Wildman–Crippen MR) is 178 cm³/mol. The van der Waals surface area contributed by atoms with Crippen LogP contribution in [0.25, 0.3) is 16.6 Å². The molecule has 10 nitrogen and oxygen atoms in total. The van der Waals surface area contributed by atoms with E-state index in [1.165, 1.54) is 9.47 Å². The Morgan fingerprint density at radius 1 is 1.06 bits per heavy atom. The van der Waals surface area contributed by atoms with Crippen molar-refractivity contribution in [2.75, 3.05) is 53.4 Å². The average Bonchev–Trinajstić information content (AvgIpc) is 3.03. The SMILES string of the molecule is CCOc1ccc(-n2c(C(CCNC(=O)CN(C)C)CN(CCN)C(=O)Cc3ccc(C(F)(F)F)c(F)c3)nc3ccccc3c2=O)cc1. The fourth-order valence-electron chi connectivity index (χ4n) is 5.49. The maximum absolute atomic E-state index is 14.3. The van der Waals surface area contributed by atoms with Gasteiger partial charge in [0.2, 0.25) is 11.8 Å². The van der Waals surface area contributed by atoms with E-state index in [9.17, 15) is 31.9 Å². The molecule has 1 unspecified atom stereocenters. The molecule has 0 bridgehead atoms. The minimum atomic E-state index is -4.88. The Kier molecular flexibility index (Phi) is 12.5. The Bertz CT molecular complexity index is 1810. The molecular weight excluding hydrogens is 644 g/mol. The fourth-order valence-corrected chi connectivity index (χ4v) is 5.49. The highest BCUT2D eigenvalue weighted by atomic mass is 19.4. The molecule has 1 atom stereocenters. The minimum absolute atomic E-state index is 0.00941. The molecule has 0 fully saturated rings. The van der Waals surface area contributed by atoms with Crippen LogP contribution in [-0.2, 0) is 22.2 Å². The van der Waals surface area contributed by atoms with Crippen molar-refractivity contribution in [3.63, 3.8) is 0 Å². The number of alkyl halides is 3. The predicted octanol–water partition coefficient (Wildman–Crippen LogP) is 4.12. The van der Waals surface area contributed by atoms with Crippen molar-refractivity contribution in [1.29, 1.82) is 0 Å². The Morgan fingerprint density at radius 2 is 1.78 bits per heavy atom. The van der Waals surface area contributed by atoms with Crippen LogP contribution in [-0.4, -0.2) is 84.6 Å². The number of hydrogen-bond acceptors (Lipinski definition) is 7. The maximum atomic E-state index is 14.3. The van der Waals surface area contributed by atoms with E-state index < -0.39 is 35.8 Å². The molecule has 0 aliphatic heterocycles. The largest absolute Gasteiger partial charge is 0.494 e. The molecule has 262 valence electrons. The van der Waals surface area contributed by atoms with Gasteiger partial charge in [0.1, 0.15) is 17.4 Å². The summed E-state index contributed by atoms with van der Waals surface area (Å²) in [6, 6.07) is 16.2. The van der Waals surface area contributed by atoms with Gasteiger partial charge in [0.25, 0.3) is 5.56 Å². The van der Waals surface area contributed by atoms with Crippen LogP contribution in [0.1, 0.15) is 36.2 Å². The number of aromatic nitrogens is 2. The van der Waals surface area contributed by atoms with Crippen LogP contribution < -0.4 is 21.3 Å². The Hall–Kier alpha value is -4.82. The van der Waals surface area contributed by atoms with E-state index in [0.29, 0.717) is 46.9 Å².